The molecule has 0 saturated carbocycles. The lowest BCUT2D eigenvalue weighted by Gasteiger charge is -2.05. The number of carboxylic acid groups (broad SMARTS) is 1. The Balaban J connectivity index is 1.99. The number of carboxylic acids is 1. The van der Waals surface area contributed by atoms with E-state index in [9.17, 15) is 15.2 Å². The summed E-state index contributed by atoms with van der Waals surface area (Å²) in [6.45, 7) is 2.54. The van der Waals surface area contributed by atoms with Gasteiger partial charge in [0.05, 0.1) is 32.9 Å². The van der Waals surface area contributed by atoms with E-state index in [2.05, 4.69) is 11.2 Å². The van der Waals surface area contributed by atoms with Crippen molar-refractivity contribution in [3.05, 3.63) is 70.9 Å². The molecule has 0 aliphatic rings. The van der Waals surface area contributed by atoms with Gasteiger partial charge in [0.15, 0.2) is 5.82 Å². The fraction of sp³-hybridized carbons (Fsp3) is 0.0952. The Bertz CT molecular complexity index is 1340. The van der Waals surface area contributed by atoms with Crippen molar-refractivity contribution in [2.45, 2.75) is 23.3 Å². The Hall–Kier alpha value is -3.28. The van der Waals surface area contributed by atoms with Gasteiger partial charge >= 0.3 is 5.97 Å². The first kappa shape index (κ1) is 20.0. The summed E-state index contributed by atoms with van der Waals surface area (Å²) in [6.07, 6.45) is 3.28. The molecule has 0 fully saturated rings. The van der Waals surface area contributed by atoms with Crippen LogP contribution in [0.25, 0.3) is 16.6 Å². The number of aromatic carboxylic acids is 1. The van der Waals surface area contributed by atoms with E-state index in [1.165, 1.54) is 34.5 Å². The third-order valence-corrected chi connectivity index (χ3v) is 5.98. The number of benzene rings is 2. The predicted molar refractivity (Wildman–Crippen MR) is 112 cm³/mol. The molecular formula is C21H14ClFN4O2S. The van der Waals surface area contributed by atoms with E-state index >= 15 is 4.39 Å². The summed E-state index contributed by atoms with van der Waals surface area (Å²) >= 11 is 7.23. The second-order valence-corrected chi connectivity index (χ2v) is 7.86. The summed E-state index contributed by atoms with van der Waals surface area (Å²) in [5, 5.41) is 23.9. The van der Waals surface area contributed by atoms with Gasteiger partial charge < -0.3 is 5.11 Å². The number of rotatable bonds is 5. The van der Waals surface area contributed by atoms with Gasteiger partial charge in [-0.1, -0.05) is 29.4 Å². The van der Waals surface area contributed by atoms with Crippen LogP contribution in [0.1, 0.15) is 23.0 Å². The van der Waals surface area contributed by atoms with E-state index in [0.717, 1.165) is 0 Å². The van der Waals surface area contributed by atoms with Gasteiger partial charge in [-0.2, -0.15) is 10.4 Å². The average Bonchev–Trinajstić information content (AvgIpc) is 3.33. The van der Waals surface area contributed by atoms with Crippen LogP contribution in [0.15, 0.2) is 58.6 Å². The summed E-state index contributed by atoms with van der Waals surface area (Å²) in [6, 6.07) is 11.6. The second kappa shape index (κ2) is 7.86. The molecule has 0 amide bonds. The van der Waals surface area contributed by atoms with Crippen molar-refractivity contribution in [3.8, 4) is 11.8 Å². The molecule has 1 N–H and O–H groups in total. The number of hydrogen-bond donors (Lipinski definition) is 1. The zero-order valence-corrected chi connectivity index (χ0v) is 17.2. The quantitative estimate of drug-likeness (QED) is 0.451. The van der Waals surface area contributed by atoms with Gasteiger partial charge in [-0.05, 0) is 37.3 Å². The fourth-order valence-electron chi connectivity index (χ4n) is 3.20. The molecule has 0 atom stereocenters. The largest absolute Gasteiger partial charge is 0.478 e. The van der Waals surface area contributed by atoms with E-state index in [-0.39, 0.29) is 21.8 Å². The normalized spacial score (nSPS) is 11.0. The first-order valence-electron chi connectivity index (χ1n) is 8.91. The molecule has 6 nitrogen and oxygen atoms in total. The second-order valence-electron chi connectivity index (χ2n) is 6.37. The van der Waals surface area contributed by atoms with Crippen LogP contribution in [-0.2, 0) is 6.54 Å². The van der Waals surface area contributed by atoms with Crippen LogP contribution in [0.3, 0.4) is 0 Å². The molecule has 2 aromatic carbocycles. The number of hydrogen-bond acceptors (Lipinski definition) is 4. The van der Waals surface area contributed by atoms with Crippen LogP contribution in [0, 0.1) is 17.1 Å². The van der Waals surface area contributed by atoms with Gasteiger partial charge in [-0.3, -0.25) is 9.25 Å². The molecule has 0 bridgehead atoms. The van der Waals surface area contributed by atoms with Crippen LogP contribution in [0.4, 0.5) is 4.39 Å². The van der Waals surface area contributed by atoms with Crippen molar-refractivity contribution >= 4 is 40.2 Å². The van der Waals surface area contributed by atoms with Gasteiger partial charge in [0.2, 0.25) is 0 Å². The summed E-state index contributed by atoms with van der Waals surface area (Å²) in [5.41, 5.74) is 1.05. The molecule has 0 aliphatic carbocycles. The van der Waals surface area contributed by atoms with E-state index in [0.29, 0.717) is 27.4 Å². The molecule has 150 valence electrons. The zero-order valence-electron chi connectivity index (χ0n) is 15.6. The van der Waals surface area contributed by atoms with Crippen LogP contribution in [-0.4, -0.2) is 25.4 Å². The molecule has 9 heteroatoms. The third kappa shape index (κ3) is 3.32. The van der Waals surface area contributed by atoms with Gasteiger partial charge in [0, 0.05) is 23.0 Å². The monoisotopic (exact) mass is 440 g/mol. The molecule has 0 spiro atoms. The Morgan fingerprint density at radius 2 is 2.17 bits per heavy atom. The first-order chi connectivity index (χ1) is 14.4. The first-order valence-corrected chi connectivity index (χ1v) is 10.1. The van der Waals surface area contributed by atoms with Crippen LogP contribution >= 0.6 is 23.4 Å². The maximum atomic E-state index is 15.1. The standard InChI is InChI=1S/C21H14ClFN4O2S/c1-2-26-11-13(10-25-26)27-17(9-24)20(15-6-7-16(22)18(23)19(15)27)30-14-5-3-4-12(8-14)21(28)29/h3-8,10-11H,2H2,1H3,(H,28,29). The lowest BCUT2D eigenvalue weighted by atomic mass is 10.2. The summed E-state index contributed by atoms with van der Waals surface area (Å²) < 4.78 is 18.3. The van der Waals surface area contributed by atoms with Gasteiger partial charge in [-0.25, -0.2) is 9.18 Å². The fourth-order valence-corrected chi connectivity index (χ4v) is 4.43. The SMILES string of the molecule is CCn1cc(-n2c(C#N)c(Sc3cccc(C(=O)O)c3)c3ccc(Cl)c(F)c32)cn1. The molecule has 4 rings (SSSR count). The lowest BCUT2D eigenvalue weighted by molar-refractivity contribution is 0.0696. The Kier molecular flexibility index (Phi) is 5.24. The molecular weight excluding hydrogens is 427 g/mol. The minimum Gasteiger partial charge on any atom is -0.478 e. The van der Waals surface area contributed by atoms with Gasteiger partial charge in [0.25, 0.3) is 0 Å². The van der Waals surface area contributed by atoms with Crippen molar-refractivity contribution in [2.24, 2.45) is 0 Å². The summed E-state index contributed by atoms with van der Waals surface area (Å²) in [7, 11) is 0. The summed E-state index contributed by atoms with van der Waals surface area (Å²) in [4.78, 5) is 12.4. The van der Waals surface area contributed by atoms with E-state index in [1.54, 1.807) is 35.3 Å². The average molecular weight is 441 g/mol. The van der Waals surface area contributed by atoms with Crippen LogP contribution < -0.4 is 0 Å². The number of halogens is 2. The van der Waals surface area contributed by atoms with Gasteiger partial charge in [-0.15, -0.1) is 0 Å². The number of nitrogens with zero attached hydrogens (tertiary/aromatic N) is 4. The van der Waals surface area contributed by atoms with Crippen LogP contribution in [0.2, 0.25) is 5.02 Å². The number of nitriles is 1. The molecule has 4 aromatic rings. The lowest BCUT2D eigenvalue weighted by Crippen LogP contribution is -1.99. The minimum atomic E-state index is -1.05. The van der Waals surface area contributed by atoms with E-state index in [1.807, 2.05) is 6.92 Å². The predicted octanol–water partition coefficient (Wildman–Crippen LogP) is 5.36. The number of aryl methyl sites for hydroxylation is 1. The maximum Gasteiger partial charge on any atom is 0.335 e. The van der Waals surface area contributed by atoms with E-state index < -0.39 is 11.8 Å². The molecule has 30 heavy (non-hydrogen) atoms. The highest BCUT2D eigenvalue weighted by Crippen LogP contribution is 2.42. The van der Waals surface area contributed by atoms with Gasteiger partial charge in [0.1, 0.15) is 11.8 Å². The number of aromatic nitrogens is 3. The molecule has 0 aliphatic heterocycles. The zero-order chi connectivity index (χ0) is 21.4. The Morgan fingerprint density at radius 3 is 2.83 bits per heavy atom. The smallest absolute Gasteiger partial charge is 0.335 e. The van der Waals surface area contributed by atoms with Crippen molar-refractivity contribution in [3.63, 3.8) is 0 Å². The van der Waals surface area contributed by atoms with Crippen molar-refractivity contribution in [1.29, 1.82) is 5.26 Å². The van der Waals surface area contributed by atoms with Crippen LogP contribution in [0.5, 0.6) is 0 Å². The molecule has 2 heterocycles. The number of carbonyl (C=O) groups is 1. The van der Waals surface area contributed by atoms with E-state index in [4.69, 9.17) is 11.6 Å². The Labute approximate surface area is 180 Å². The van der Waals surface area contributed by atoms with Crippen molar-refractivity contribution in [1.82, 2.24) is 14.3 Å². The van der Waals surface area contributed by atoms with Crippen molar-refractivity contribution in [2.75, 3.05) is 0 Å². The molecule has 0 saturated heterocycles. The molecule has 0 radical (unpaired) electrons. The Morgan fingerprint density at radius 1 is 1.37 bits per heavy atom. The molecule has 0 unspecified atom stereocenters. The highest BCUT2D eigenvalue weighted by molar-refractivity contribution is 7.99. The highest BCUT2D eigenvalue weighted by atomic mass is 35.5. The minimum absolute atomic E-state index is 0.0574. The third-order valence-electron chi connectivity index (χ3n) is 4.58. The maximum absolute atomic E-state index is 15.1. The molecule has 2 aromatic heterocycles. The highest BCUT2D eigenvalue weighted by Gasteiger charge is 2.24. The number of fused-ring (bicyclic) bond motifs is 1. The topological polar surface area (TPSA) is 83.8 Å². The van der Waals surface area contributed by atoms with Crippen molar-refractivity contribution < 1.29 is 14.3 Å². The summed E-state index contributed by atoms with van der Waals surface area (Å²) in [5.74, 6) is -1.69.